The molecule has 0 saturated heterocycles. The van der Waals surface area contributed by atoms with Gasteiger partial charge in [-0.25, -0.2) is 0 Å². The third kappa shape index (κ3) is 1.75. The van der Waals surface area contributed by atoms with Gasteiger partial charge in [0.05, 0.1) is 0 Å². The average Bonchev–Trinajstić information content (AvgIpc) is 2.20. The lowest BCUT2D eigenvalue weighted by molar-refractivity contribution is 0.680. The van der Waals surface area contributed by atoms with Crippen molar-refractivity contribution in [1.29, 1.82) is 0 Å². The maximum atomic E-state index is 2.33. The SMILES string of the molecule is CC1=C(C2=CC=CCC2C)CCC=C1. The zero-order valence-electron chi connectivity index (χ0n) is 9.09. The quantitative estimate of drug-likeness (QED) is 0.576. The second kappa shape index (κ2) is 4.00. The van der Waals surface area contributed by atoms with Gasteiger partial charge >= 0.3 is 0 Å². The summed E-state index contributed by atoms with van der Waals surface area (Å²) in [4.78, 5) is 0. The van der Waals surface area contributed by atoms with E-state index in [9.17, 15) is 0 Å². The molecule has 2 aliphatic carbocycles. The minimum absolute atomic E-state index is 0.705. The van der Waals surface area contributed by atoms with Crippen LogP contribution < -0.4 is 0 Å². The topological polar surface area (TPSA) is 0 Å². The van der Waals surface area contributed by atoms with Crippen molar-refractivity contribution in [3.63, 3.8) is 0 Å². The molecule has 0 aromatic heterocycles. The fourth-order valence-corrected chi connectivity index (χ4v) is 2.30. The van der Waals surface area contributed by atoms with Crippen LogP contribution in [0.5, 0.6) is 0 Å². The summed E-state index contributed by atoms with van der Waals surface area (Å²) in [6, 6.07) is 0. The molecule has 0 bridgehead atoms. The second-order valence-corrected chi connectivity index (χ2v) is 4.29. The highest BCUT2D eigenvalue weighted by Gasteiger charge is 2.16. The van der Waals surface area contributed by atoms with Crippen LogP contribution in [0.2, 0.25) is 0 Å². The molecule has 74 valence electrons. The Morgan fingerprint density at radius 2 is 2.14 bits per heavy atom. The Morgan fingerprint density at radius 3 is 2.86 bits per heavy atom. The van der Waals surface area contributed by atoms with Crippen LogP contribution in [0.1, 0.15) is 33.1 Å². The largest absolute Gasteiger partial charge is 0.0839 e. The standard InChI is InChI=1S/C14H18/c1-11-7-3-5-9-13(11)14-10-6-4-8-12(14)2/h3-5,8-9,11H,6-7,10H2,1-2H3. The minimum Gasteiger partial charge on any atom is -0.0839 e. The van der Waals surface area contributed by atoms with Crippen molar-refractivity contribution in [1.82, 2.24) is 0 Å². The van der Waals surface area contributed by atoms with Crippen LogP contribution in [0.3, 0.4) is 0 Å². The monoisotopic (exact) mass is 186 g/mol. The molecular weight excluding hydrogens is 168 g/mol. The number of rotatable bonds is 1. The van der Waals surface area contributed by atoms with Gasteiger partial charge < -0.3 is 0 Å². The third-order valence-electron chi connectivity index (χ3n) is 3.19. The van der Waals surface area contributed by atoms with Gasteiger partial charge in [-0.1, -0.05) is 37.3 Å². The Labute approximate surface area is 86.7 Å². The molecule has 0 heterocycles. The van der Waals surface area contributed by atoms with Gasteiger partial charge in [0.2, 0.25) is 0 Å². The Kier molecular flexibility index (Phi) is 2.72. The highest BCUT2D eigenvalue weighted by Crippen LogP contribution is 2.33. The molecule has 14 heavy (non-hydrogen) atoms. The molecule has 0 nitrogen and oxygen atoms in total. The van der Waals surface area contributed by atoms with E-state index in [1.165, 1.54) is 24.8 Å². The van der Waals surface area contributed by atoms with Gasteiger partial charge in [0.1, 0.15) is 0 Å². The first-order chi connectivity index (χ1) is 6.79. The van der Waals surface area contributed by atoms with E-state index in [1.54, 1.807) is 11.1 Å². The predicted octanol–water partition coefficient (Wildman–Crippen LogP) is 4.18. The van der Waals surface area contributed by atoms with Gasteiger partial charge in [0.15, 0.2) is 0 Å². The van der Waals surface area contributed by atoms with Crippen molar-refractivity contribution in [2.24, 2.45) is 5.92 Å². The zero-order chi connectivity index (χ0) is 9.97. The number of hydrogen-bond donors (Lipinski definition) is 0. The maximum absolute atomic E-state index is 2.33. The molecule has 0 spiro atoms. The molecule has 0 amide bonds. The summed E-state index contributed by atoms with van der Waals surface area (Å²) in [6.07, 6.45) is 15.0. The van der Waals surface area contributed by atoms with E-state index >= 15 is 0 Å². The first kappa shape index (κ1) is 9.51. The fraction of sp³-hybridized carbons (Fsp3) is 0.429. The molecule has 0 aliphatic heterocycles. The zero-order valence-corrected chi connectivity index (χ0v) is 9.09. The van der Waals surface area contributed by atoms with E-state index in [0.29, 0.717) is 5.92 Å². The van der Waals surface area contributed by atoms with Crippen molar-refractivity contribution in [2.75, 3.05) is 0 Å². The summed E-state index contributed by atoms with van der Waals surface area (Å²) >= 11 is 0. The fourth-order valence-electron chi connectivity index (χ4n) is 2.30. The normalized spacial score (nSPS) is 26.7. The van der Waals surface area contributed by atoms with Gasteiger partial charge in [-0.3, -0.25) is 0 Å². The van der Waals surface area contributed by atoms with E-state index in [1.807, 2.05) is 0 Å². The van der Waals surface area contributed by atoms with E-state index in [-0.39, 0.29) is 0 Å². The Morgan fingerprint density at radius 1 is 1.29 bits per heavy atom. The Bertz CT molecular complexity index is 337. The molecule has 0 aromatic carbocycles. The molecule has 0 N–H and O–H groups in total. The van der Waals surface area contributed by atoms with Crippen LogP contribution in [0.4, 0.5) is 0 Å². The van der Waals surface area contributed by atoms with Gasteiger partial charge in [-0.15, -0.1) is 0 Å². The summed E-state index contributed by atoms with van der Waals surface area (Å²) in [5.74, 6) is 0.705. The molecular formula is C14H18. The van der Waals surface area contributed by atoms with Crippen LogP contribution in [0.25, 0.3) is 0 Å². The Hall–Kier alpha value is -1.04. The molecule has 0 heteroatoms. The van der Waals surface area contributed by atoms with Crippen molar-refractivity contribution in [3.05, 3.63) is 47.1 Å². The average molecular weight is 186 g/mol. The smallest absolute Gasteiger partial charge is 0.0153 e. The van der Waals surface area contributed by atoms with Crippen molar-refractivity contribution >= 4 is 0 Å². The van der Waals surface area contributed by atoms with Crippen molar-refractivity contribution in [3.8, 4) is 0 Å². The highest BCUT2D eigenvalue weighted by molar-refractivity contribution is 5.45. The van der Waals surface area contributed by atoms with E-state index in [4.69, 9.17) is 0 Å². The van der Waals surface area contributed by atoms with Gasteiger partial charge in [0.25, 0.3) is 0 Å². The minimum atomic E-state index is 0.705. The summed E-state index contributed by atoms with van der Waals surface area (Å²) < 4.78 is 0. The summed E-state index contributed by atoms with van der Waals surface area (Å²) in [5, 5.41) is 0. The van der Waals surface area contributed by atoms with Crippen LogP contribution in [-0.4, -0.2) is 0 Å². The molecule has 0 radical (unpaired) electrons. The summed E-state index contributed by atoms with van der Waals surface area (Å²) in [5.41, 5.74) is 4.61. The molecule has 2 rings (SSSR count). The van der Waals surface area contributed by atoms with E-state index < -0.39 is 0 Å². The van der Waals surface area contributed by atoms with Crippen LogP contribution in [-0.2, 0) is 0 Å². The molecule has 2 aliphatic rings. The van der Waals surface area contributed by atoms with E-state index in [0.717, 1.165) is 0 Å². The van der Waals surface area contributed by atoms with E-state index in [2.05, 4.69) is 44.2 Å². The summed E-state index contributed by atoms with van der Waals surface area (Å²) in [6.45, 7) is 4.56. The van der Waals surface area contributed by atoms with Crippen LogP contribution in [0.15, 0.2) is 47.1 Å². The Balaban J connectivity index is 2.33. The maximum Gasteiger partial charge on any atom is -0.0153 e. The molecule has 0 saturated carbocycles. The first-order valence-corrected chi connectivity index (χ1v) is 5.52. The predicted molar refractivity (Wildman–Crippen MR) is 62.1 cm³/mol. The lowest BCUT2D eigenvalue weighted by Gasteiger charge is -2.23. The summed E-state index contributed by atoms with van der Waals surface area (Å²) in [7, 11) is 0. The van der Waals surface area contributed by atoms with Gasteiger partial charge in [0, 0.05) is 0 Å². The van der Waals surface area contributed by atoms with Gasteiger partial charge in [-0.05, 0) is 48.8 Å². The first-order valence-electron chi connectivity index (χ1n) is 5.52. The number of allylic oxidation sites excluding steroid dienone is 8. The number of hydrogen-bond acceptors (Lipinski definition) is 0. The highest BCUT2D eigenvalue weighted by atomic mass is 14.2. The van der Waals surface area contributed by atoms with Crippen LogP contribution >= 0.6 is 0 Å². The third-order valence-corrected chi connectivity index (χ3v) is 3.19. The molecule has 0 aromatic rings. The lowest BCUT2D eigenvalue weighted by Crippen LogP contribution is -2.07. The lowest BCUT2D eigenvalue weighted by atomic mass is 9.82. The molecule has 0 fully saturated rings. The molecule has 1 atom stereocenters. The second-order valence-electron chi connectivity index (χ2n) is 4.29. The van der Waals surface area contributed by atoms with Gasteiger partial charge in [-0.2, -0.15) is 0 Å². The van der Waals surface area contributed by atoms with Crippen LogP contribution in [0, 0.1) is 5.92 Å². The molecule has 1 unspecified atom stereocenters. The van der Waals surface area contributed by atoms with Crippen molar-refractivity contribution in [2.45, 2.75) is 33.1 Å². The van der Waals surface area contributed by atoms with Crippen molar-refractivity contribution < 1.29 is 0 Å².